The molecule has 5 nitrogen and oxygen atoms in total. The second-order valence-corrected chi connectivity index (χ2v) is 10.1. The van der Waals surface area contributed by atoms with E-state index in [-0.39, 0.29) is 0 Å². The van der Waals surface area contributed by atoms with Crippen molar-refractivity contribution in [1.82, 2.24) is 25.1 Å². The van der Waals surface area contributed by atoms with Gasteiger partial charge in [-0.1, -0.05) is 25.1 Å². The van der Waals surface area contributed by atoms with Crippen LogP contribution in [0.15, 0.2) is 47.5 Å². The summed E-state index contributed by atoms with van der Waals surface area (Å²) in [5.74, 6) is 0.543. The van der Waals surface area contributed by atoms with Crippen molar-refractivity contribution in [2.75, 3.05) is 13.1 Å². The number of thiol groups is 1. The van der Waals surface area contributed by atoms with Gasteiger partial charge in [0.1, 0.15) is 11.2 Å². The number of hydrogen-bond donors (Lipinski definition) is 2. The number of nitrogens with one attached hydrogen (secondary N) is 1. The molecular weight excluding hydrogens is 438 g/mol. The van der Waals surface area contributed by atoms with Crippen LogP contribution >= 0.6 is 12.6 Å². The fourth-order valence-corrected chi connectivity index (χ4v) is 5.90. The molecule has 0 radical (unpaired) electrons. The molecule has 4 aromatic rings. The van der Waals surface area contributed by atoms with E-state index in [1.807, 2.05) is 6.20 Å². The molecule has 0 saturated carbocycles. The molecule has 0 spiro atoms. The summed E-state index contributed by atoms with van der Waals surface area (Å²) >= 11 is 4.89. The predicted octanol–water partition coefficient (Wildman–Crippen LogP) is 5.81. The smallest absolute Gasteiger partial charge is 0.120 e. The Morgan fingerprint density at radius 2 is 1.97 bits per heavy atom. The second kappa shape index (κ2) is 9.16. The molecule has 4 heterocycles. The fraction of sp³-hybridized carbons (Fsp3) is 0.393. The number of fused-ring (bicyclic) bond motifs is 2. The predicted molar refractivity (Wildman–Crippen MR) is 141 cm³/mol. The van der Waals surface area contributed by atoms with Crippen molar-refractivity contribution < 1.29 is 0 Å². The van der Waals surface area contributed by atoms with Crippen LogP contribution in [0, 0.1) is 0 Å². The molecule has 1 N–H and O–H groups in total. The van der Waals surface area contributed by atoms with Crippen molar-refractivity contribution in [1.29, 1.82) is 0 Å². The van der Waals surface area contributed by atoms with Gasteiger partial charge in [0.05, 0.1) is 11.2 Å². The van der Waals surface area contributed by atoms with Gasteiger partial charge in [-0.15, -0.1) is 12.6 Å². The lowest BCUT2D eigenvalue weighted by Crippen LogP contribution is -2.26. The van der Waals surface area contributed by atoms with Crippen molar-refractivity contribution in [3.63, 3.8) is 0 Å². The Morgan fingerprint density at radius 1 is 1.09 bits per heavy atom. The van der Waals surface area contributed by atoms with Gasteiger partial charge in [0.15, 0.2) is 0 Å². The van der Waals surface area contributed by atoms with E-state index >= 15 is 0 Å². The van der Waals surface area contributed by atoms with Crippen molar-refractivity contribution in [2.24, 2.45) is 0 Å². The summed E-state index contributed by atoms with van der Waals surface area (Å²) in [6.07, 6.45) is 8.79. The molecule has 34 heavy (non-hydrogen) atoms. The SMILES string of the molecule is CCCn1nc(-c2ccc(C3CCNCC3)nc2)c2nc(-c3cccc4c3CCC4)c(S)cc21. The van der Waals surface area contributed by atoms with Crippen LogP contribution in [0.4, 0.5) is 0 Å². The molecule has 6 heteroatoms. The third-order valence-corrected chi connectivity index (χ3v) is 7.70. The zero-order valence-corrected chi connectivity index (χ0v) is 20.6. The maximum Gasteiger partial charge on any atom is 0.120 e. The largest absolute Gasteiger partial charge is 0.317 e. The molecule has 1 aromatic carbocycles. The van der Waals surface area contributed by atoms with Gasteiger partial charge in [0.2, 0.25) is 0 Å². The van der Waals surface area contributed by atoms with E-state index in [2.05, 4.69) is 53.3 Å². The fourth-order valence-electron chi connectivity index (χ4n) is 5.61. The Kier molecular flexibility index (Phi) is 5.87. The maximum atomic E-state index is 5.22. The molecule has 0 amide bonds. The molecule has 6 rings (SSSR count). The van der Waals surface area contributed by atoms with E-state index in [1.54, 1.807) is 0 Å². The lowest BCUT2D eigenvalue weighted by atomic mass is 9.94. The minimum atomic E-state index is 0.543. The highest BCUT2D eigenvalue weighted by molar-refractivity contribution is 7.80. The number of piperidine rings is 1. The van der Waals surface area contributed by atoms with Crippen LogP contribution in [0.1, 0.15) is 55.3 Å². The molecule has 1 fully saturated rings. The zero-order chi connectivity index (χ0) is 23.1. The first-order valence-electron chi connectivity index (χ1n) is 12.6. The molecule has 1 aliphatic carbocycles. The third kappa shape index (κ3) is 3.83. The van der Waals surface area contributed by atoms with Crippen LogP contribution < -0.4 is 5.32 Å². The quantitative estimate of drug-likeness (QED) is 0.362. The normalized spacial score (nSPS) is 16.3. The van der Waals surface area contributed by atoms with E-state index in [0.717, 1.165) is 84.6 Å². The first-order chi connectivity index (χ1) is 16.7. The number of hydrogen-bond acceptors (Lipinski definition) is 5. The topological polar surface area (TPSA) is 55.6 Å². The van der Waals surface area contributed by atoms with Gasteiger partial charge >= 0.3 is 0 Å². The maximum absolute atomic E-state index is 5.22. The van der Waals surface area contributed by atoms with Crippen LogP contribution in [-0.4, -0.2) is 32.8 Å². The Hall–Kier alpha value is -2.70. The van der Waals surface area contributed by atoms with Gasteiger partial charge in [-0.25, -0.2) is 4.98 Å². The van der Waals surface area contributed by atoms with Crippen molar-refractivity contribution >= 4 is 23.7 Å². The molecule has 0 atom stereocenters. The number of nitrogens with zero attached hydrogens (tertiary/aromatic N) is 4. The van der Waals surface area contributed by atoms with Gasteiger partial charge in [-0.3, -0.25) is 9.67 Å². The standard InChI is InChI=1S/C28H31N5S/c1-2-15-33-24-16-25(34)27(22-8-4-6-18-5-3-7-21(18)22)31-28(24)26(32-33)20-9-10-23(30-17-20)19-11-13-29-14-12-19/h4,6,8-10,16-17,19,29,34H,2-3,5,7,11-15H2,1H3. The van der Waals surface area contributed by atoms with Gasteiger partial charge in [0, 0.05) is 40.4 Å². The summed E-state index contributed by atoms with van der Waals surface area (Å²) in [4.78, 5) is 11.0. The average molecular weight is 470 g/mol. The Balaban J connectivity index is 1.47. The monoisotopic (exact) mass is 469 g/mol. The molecule has 0 unspecified atom stereocenters. The third-order valence-electron chi connectivity index (χ3n) is 7.36. The summed E-state index contributed by atoms with van der Waals surface area (Å²) in [5.41, 5.74) is 10.2. The van der Waals surface area contributed by atoms with Crippen molar-refractivity contribution in [3.8, 4) is 22.5 Å². The Bertz CT molecular complexity index is 1340. The van der Waals surface area contributed by atoms with Gasteiger partial charge in [0.25, 0.3) is 0 Å². The Labute approximate surface area is 206 Å². The summed E-state index contributed by atoms with van der Waals surface area (Å²) in [7, 11) is 0. The number of pyridine rings is 2. The minimum absolute atomic E-state index is 0.543. The van der Waals surface area contributed by atoms with Gasteiger partial charge < -0.3 is 5.32 Å². The average Bonchev–Trinajstić information content (AvgIpc) is 3.49. The molecule has 1 aliphatic heterocycles. The van der Waals surface area contributed by atoms with E-state index in [0.29, 0.717) is 5.92 Å². The number of aryl methyl sites for hydroxylation is 2. The van der Waals surface area contributed by atoms with E-state index in [1.165, 1.54) is 28.8 Å². The van der Waals surface area contributed by atoms with E-state index < -0.39 is 0 Å². The van der Waals surface area contributed by atoms with E-state index in [4.69, 9.17) is 27.7 Å². The summed E-state index contributed by atoms with van der Waals surface area (Å²) < 4.78 is 2.08. The van der Waals surface area contributed by atoms with Crippen LogP contribution in [-0.2, 0) is 19.4 Å². The van der Waals surface area contributed by atoms with Crippen molar-refractivity contribution in [3.05, 3.63) is 59.4 Å². The van der Waals surface area contributed by atoms with Crippen LogP contribution in [0.5, 0.6) is 0 Å². The minimum Gasteiger partial charge on any atom is -0.317 e. The Morgan fingerprint density at radius 3 is 2.76 bits per heavy atom. The highest BCUT2D eigenvalue weighted by Crippen LogP contribution is 2.37. The first kappa shape index (κ1) is 21.8. The number of aromatic nitrogens is 4. The summed E-state index contributed by atoms with van der Waals surface area (Å²) in [5, 5.41) is 8.45. The van der Waals surface area contributed by atoms with Crippen LogP contribution in [0.3, 0.4) is 0 Å². The summed E-state index contributed by atoms with van der Waals surface area (Å²) in [6.45, 7) is 5.18. The highest BCUT2D eigenvalue weighted by Gasteiger charge is 2.22. The van der Waals surface area contributed by atoms with Crippen LogP contribution in [0.2, 0.25) is 0 Å². The molecular formula is C28H31N5S. The molecule has 0 bridgehead atoms. The van der Waals surface area contributed by atoms with Crippen molar-refractivity contribution in [2.45, 2.75) is 62.8 Å². The van der Waals surface area contributed by atoms with Crippen LogP contribution in [0.25, 0.3) is 33.5 Å². The first-order valence-corrected chi connectivity index (χ1v) is 13.1. The number of rotatable bonds is 5. The molecule has 1 saturated heterocycles. The van der Waals surface area contributed by atoms with Gasteiger partial charge in [-0.2, -0.15) is 5.10 Å². The highest BCUT2D eigenvalue weighted by atomic mass is 32.1. The zero-order valence-electron chi connectivity index (χ0n) is 19.7. The number of benzene rings is 1. The molecule has 174 valence electrons. The second-order valence-electron chi connectivity index (χ2n) is 9.59. The molecule has 3 aromatic heterocycles. The van der Waals surface area contributed by atoms with E-state index in [9.17, 15) is 0 Å². The molecule has 2 aliphatic rings. The summed E-state index contributed by atoms with van der Waals surface area (Å²) in [6, 6.07) is 13.1. The lowest BCUT2D eigenvalue weighted by molar-refractivity contribution is 0.453. The lowest BCUT2D eigenvalue weighted by Gasteiger charge is -2.22. The van der Waals surface area contributed by atoms with Gasteiger partial charge in [-0.05, 0) is 80.9 Å².